The zero-order valence-electron chi connectivity index (χ0n) is 25.0. The van der Waals surface area contributed by atoms with Gasteiger partial charge in [-0.3, -0.25) is 14.4 Å². The number of phenolic OH excluding ortho intramolecular Hbond substituents is 2. The lowest BCUT2D eigenvalue weighted by Gasteiger charge is -2.34. The van der Waals surface area contributed by atoms with Crippen LogP contribution in [0.5, 0.6) is 11.5 Å². The molecule has 11 nitrogen and oxygen atoms in total. The van der Waals surface area contributed by atoms with Crippen LogP contribution in [0.1, 0.15) is 70.5 Å². The first-order chi connectivity index (χ1) is 19.8. The Morgan fingerprint density at radius 2 is 1.50 bits per heavy atom. The second-order valence-corrected chi connectivity index (χ2v) is 10.9. The van der Waals surface area contributed by atoms with E-state index in [-0.39, 0.29) is 24.5 Å². The van der Waals surface area contributed by atoms with Gasteiger partial charge in [0.05, 0.1) is 7.11 Å². The number of benzene rings is 2. The van der Waals surface area contributed by atoms with Crippen LogP contribution >= 0.6 is 0 Å². The minimum absolute atomic E-state index is 0.0231. The first kappa shape index (κ1) is 33.9. The van der Waals surface area contributed by atoms with E-state index in [4.69, 9.17) is 4.74 Å². The SMILES string of the molecule is CCCCCCN(C(=O)C(Cc1ccc(O)cc1)NC(=O)OC(C)(C)C)C(C(=O)NCC(=O)OC)c1ccc(O)cc1. The van der Waals surface area contributed by atoms with Crippen LogP contribution < -0.4 is 10.6 Å². The zero-order chi connectivity index (χ0) is 31.3. The second-order valence-electron chi connectivity index (χ2n) is 10.9. The monoisotopic (exact) mass is 585 g/mol. The minimum atomic E-state index is -1.19. The Balaban J connectivity index is 2.55. The normalized spacial score (nSPS) is 12.5. The van der Waals surface area contributed by atoms with Crippen LogP contribution in [0.25, 0.3) is 0 Å². The van der Waals surface area contributed by atoms with Gasteiger partial charge in [-0.15, -0.1) is 0 Å². The molecule has 11 heteroatoms. The van der Waals surface area contributed by atoms with Gasteiger partial charge in [0, 0.05) is 13.0 Å². The van der Waals surface area contributed by atoms with Gasteiger partial charge >= 0.3 is 12.1 Å². The fraction of sp³-hybridized carbons (Fsp3) is 0.484. The predicted octanol–water partition coefficient (Wildman–Crippen LogP) is 3.97. The summed E-state index contributed by atoms with van der Waals surface area (Å²) in [6.45, 7) is 6.94. The first-order valence-electron chi connectivity index (χ1n) is 14.1. The van der Waals surface area contributed by atoms with Crippen molar-refractivity contribution in [3.8, 4) is 11.5 Å². The summed E-state index contributed by atoms with van der Waals surface area (Å²) in [6, 6.07) is 9.78. The maximum Gasteiger partial charge on any atom is 0.408 e. The van der Waals surface area contributed by atoms with E-state index < -0.39 is 48.1 Å². The van der Waals surface area contributed by atoms with Crippen LogP contribution in [0.15, 0.2) is 48.5 Å². The molecule has 0 aliphatic rings. The highest BCUT2D eigenvalue weighted by molar-refractivity contribution is 5.93. The molecule has 0 aliphatic carbocycles. The van der Waals surface area contributed by atoms with E-state index in [9.17, 15) is 29.4 Å². The largest absolute Gasteiger partial charge is 0.508 e. The number of carbonyl (C=O) groups excluding carboxylic acids is 4. The van der Waals surface area contributed by atoms with Crippen LogP contribution in [0.4, 0.5) is 4.79 Å². The number of rotatable bonds is 14. The van der Waals surface area contributed by atoms with Gasteiger partial charge in [-0.05, 0) is 62.6 Å². The maximum absolute atomic E-state index is 14.3. The molecule has 0 aromatic heterocycles. The summed E-state index contributed by atoms with van der Waals surface area (Å²) in [5.74, 6) is -1.81. The Hall–Kier alpha value is -4.28. The fourth-order valence-corrected chi connectivity index (χ4v) is 4.25. The Morgan fingerprint density at radius 3 is 2.05 bits per heavy atom. The summed E-state index contributed by atoms with van der Waals surface area (Å²) in [5.41, 5.74) is 0.238. The van der Waals surface area contributed by atoms with E-state index in [1.54, 1.807) is 32.9 Å². The number of methoxy groups -OCH3 is 1. The number of aromatic hydroxyl groups is 2. The number of nitrogens with one attached hydrogen (secondary N) is 2. The van der Waals surface area contributed by atoms with E-state index in [1.165, 1.54) is 48.4 Å². The van der Waals surface area contributed by atoms with Gasteiger partial charge in [0.15, 0.2) is 0 Å². The number of nitrogens with zero attached hydrogens (tertiary/aromatic N) is 1. The molecule has 2 aromatic carbocycles. The molecule has 2 unspecified atom stereocenters. The van der Waals surface area contributed by atoms with Crippen molar-refractivity contribution in [1.82, 2.24) is 15.5 Å². The number of carbonyl (C=O) groups is 4. The Kier molecular flexibility index (Phi) is 13.1. The third-order valence-corrected chi connectivity index (χ3v) is 6.30. The van der Waals surface area contributed by atoms with Crippen LogP contribution in [-0.2, 0) is 30.3 Å². The number of alkyl carbamates (subject to hydrolysis) is 1. The molecule has 230 valence electrons. The number of hydrogen-bond acceptors (Lipinski definition) is 8. The number of phenols is 2. The summed E-state index contributed by atoms with van der Waals surface area (Å²) < 4.78 is 10.1. The molecule has 0 spiro atoms. The summed E-state index contributed by atoms with van der Waals surface area (Å²) in [4.78, 5) is 54.0. The van der Waals surface area contributed by atoms with Crippen molar-refractivity contribution in [2.75, 3.05) is 20.2 Å². The predicted molar refractivity (Wildman–Crippen MR) is 157 cm³/mol. The zero-order valence-corrected chi connectivity index (χ0v) is 25.0. The molecular formula is C31H43N3O8. The van der Waals surface area contributed by atoms with Crippen molar-refractivity contribution in [3.05, 3.63) is 59.7 Å². The van der Waals surface area contributed by atoms with Gasteiger partial charge in [-0.2, -0.15) is 0 Å². The lowest BCUT2D eigenvalue weighted by Crippen LogP contribution is -2.54. The van der Waals surface area contributed by atoms with Crippen molar-refractivity contribution in [1.29, 1.82) is 0 Å². The molecule has 0 saturated carbocycles. The van der Waals surface area contributed by atoms with E-state index in [2.05, 4.69) is 22.3 Å². The molecule has 2 atom stereocenters. The van der Waals surface area contributed by atoms with Gasteiger partial charge < -0.3 is 35.2 Å². The number of ether oxygens (including phenoxy) is 2. The van der Waals surface area contributed by atoms with E-state index in [0.717, 1.165) is 19.3 Å². The van der Waals surface area contributed by atoms with E-state index in [1.807, 2.05) is 0 Å². The van der Waals surface area contributed by atoms with Crippen LogP contribution in [0, 0.1) is 0 Å². The Bertz CT molecular complexity index is 1180. The second kappa shape index (κ2) is 16.2. The maximum atomic E-state index is 14.3. The van der Waals surface area contributed by atoms with Gasteiger partial charge in [0.1, 0.15) is 35.7 Å². The van der Waals surface area contributed by atoms with Gasteiger partial charge in [0.2, 0.25) is 11.8 Å². The van der Waals surface area contributed by atoms with Gasteiger partial charge in [0.25, 0.3) is 0 Å². The molecule has 0 aliphatic heterocycles. The molecule has 0 bridgehead atoms. The molecule has 0 radical (unpaired) electrons. The van der Waals surface area contributed by atoms with E-state index in [0.29, 0.717) is 17.5 Å². The molecule has 4 N–H and O–H groups in total. The molecule has 3 amide bonds. The average Bonchev–Trinajstić information content (AvgIpc) is 2.93. The topological polar surface area (TPSA) is 154 Å². The van der Waals surface area contributed by atoms with Crippen molar-refractivity contribution >= 4 is 23.9 Å². The van der Waals surface area contributed by atoms with E-state index >= 15 is 0 Å². The highest BCUT2D eigenvalue weighted by Crippen LogP contribution is 2.26. The van der Waals surface area contributed by atoms with Crippen molar-refractivity contribution in [3.63, 3.8) is 0 Å². The molecule has 0 fully saturated rings. The average molecular weight is 586 g/mol. The van der Waals surface area contributed by atoms with Crippen molar-refractivity contribution in [2.45, 2.75) is 77.5 Å². The van der Waals surface area contributed by atoms with Gasteiger partial charge in [-0.1, -0.05) is 50.5 Å². The molecular weight excluding hydrogens is 542 g/mol. The van der Waals surface area contributed by atoms with Crippen molar-refractivity contribution < 1.29 is 38.9 Å². The summed E-state index contributed by atoms with van der Waals surface area (Å²) in [7, 11) is 1.20. The third-order valence-electron chi connectivity index (χ3n) is 6.30. The van der Waals surface area contributed by atoms with Crippen LogP contribution in [-0.4, -0.2) is 70.8 Å². The highest BCUT2D eigenvalue weighted by Gasteiger charge is 2.36. The first-order valence-corrected chi connectivity index (χ1v) is 14.1. The number of esters is 1. The highest BCUT2D eigenvalue weighted by atomic mass is 16.6. The lowest BCUT2D eigenvalue weighted by molar-refractivity contribution is -0.144. The molecule has 2 rings (SSSR count). The Labute approximate surface area is 247 Å². The molecule has 2 aromatic rings. The Morgan fingerprint density at radius 1 is 0.905 bits per heavy atom. The third kappa shape index (κ3) is 11.3. The molecule has 42 heavy (non-hydrogen) atoms. The quantitative estimate of drug-likeness (QED) is 0.192. The number of unbranched alkanes of at least 4 members (excludes halogenated alkanes) is 3. The summed E-state index contributed by atoms with van der Waals surface area (Å²) in [6.07, 6.45) is 2.51. The molecule has 0 heterocycles. The molecule has 0 saturated heterocycles. The number of hydrogen-bond donors (Lipinski definition) is 4. The standard InChI is InChI=1S/C31H43N3O8/c1-6-7-8-9-18-34(27(22-12-16-24(36)17-13-22)28(38)32-20-26(37)41-5)29(39)25(33-30(40)42-31(2,3)4)19-21-10-14-23(35)15-11-21/h10-17,25,27,35-36H,6-9,18-20H2,1-5H3,(H,32,38)(H,33,40). The lowest BCUT2D eigenvalue weighted by atomic mass is 9.99. The smallest absolute Gasteiger partial charge is 0.408 e. The summed E-state index contributed by atoms with van der Waals surface area (Å²) >= 11 is 0. The fourth-order valence-electron chi connectivity index (χ4n) is 4.25. The van der Waals surface area contributed by atoms with Crippen molar-refractivity contribution in [2.24, 2.45) is 0 Å². The summed E-state index contributed by atoms with van der Waals surface area (Å²) in [5, 5.41) is 24.8. The van der Waals surface area contributed by atoms with Crippen LogP contribution in [0.2, 0.25) is 0 Å². The minimum Gasteiger partial charge on any atom is -0.508 e. The van der Waals surface area contributed by atoms with Crippen LogP contribution in [0.3, 0.4) is 0 Å². The number of amides is 3. The van der Waals surface area contributed by atoms with Gasteiger partial charge in [-0.25, -0.2) is 4.79 Å².